The lowest BCUT2D eigenvalue weighted by molar-refractivity contribution is -0.383. The molecule has 1 amide bonds. The number of anilines is 1. The molecule has 0 radical (unpaired) electrons. The topological polar surface area (TPSA) is 110 Å². The first-order chi connectivity index (χ1) is 9.41. The number of carbonyl (C=O) groups is 2. The van der Waals surface area contributed by atoms with E-state index in [1.165, 1.54) is 30.0 Å². The van der Waals surface area contributed by atoms with Gasteiger partial charge in [-0.3, -0.25) is 19.7 Å². The molecule has 0 saturated heterocycles. The van der Waals surface area contributed by atoms with E-state index in [1.807, 2.05) is 0 Å². The molecule has 0 heterocycles. The van der Waals surface area contributed by atoms with Crippen molar-refractivity contribution in [1.82, 2.24) is 0 Å². The van der Waals surface area contributed by atoms with Crippen LogP contribution in [-0.2, 0) is 9.59 Å². The Morgan fingerprint density at radius 1 is 1.45 bits per heavy atom. The van der Waals surface area contributed by atoms with Crippen LogP contribution in [0.2, 0.25) is 0 Å². The van der Waals surface area contributed by atoms with E-state index in [4.69, 9.17) is 5.11 Å². The van der Waals surface area contributed by atoms with Gasteiger partial charge in [0.1, 0.15) is 5.69 Å². The summed E-state index contributed by atoms with van der Waals surface area (Å²) in [6, 6.07) is 5.84. The average Bonchev–Trinajstić information content (AvgIpc) is 2.38. The van der Waals surface area contributed by atoms with Gasteiger partial charge in [0.05, 0.1) is 16.6 Å². The van der Waals surface area contributed by atoms with Gasteiger partial charge in [-0.05, 0) is 6.07 Å². The molecular formula is C12H14N2O5S. The van der Waals surface area contributed by atoms with Crippen LogP contribution in [0.25, 0.3) is 0 Å². The van der Waals surface area contributed by atoms with Crippen molar-refractivity contribution in [2.24, 2.45) is 5.92 Å². The molecule has 1 atom stereocenters. The standard InChI is InChI=1S/C12H14N2O5S/c1-8(12(16)17)6-20-7-11(15)13-9-4-2-3-5-10(9)14(18)19/h2-5,8H,6-7H2,1H3,(H,13,15)(H,16,17). The molecule has 0 saturated carbocycles. The summed E-state index contributed by atoms with van der Waals surface area (Å²) in [6.07, 6.45) is 0. The quantitative estimate of drug-likeness (QED) is 0.588. The second-order valence-corrected chi connectivity index (χ2v) is 5.11. The third kappa shape index (κ3) is 4.88. The minimum absolute atomic E-state index is 0.0453. The van der Waals surface area contributed by atoms with Gasteiger partial charge in [-0.2, -0.15) is 11.8 Å². The second kappa shape index (κ2) is 7.49. The Kier molecular flexibility index (Phi) is 5.98. The van der Waals surface area contributed by atoms with Gasteiger partial charge in [-0.15, -0.1) is 0 Å². The maximum absolute atomic E-state index is 11.6. The first-order valence-corrected chi connectivity index (χ1v) is 6.91. The number of nitro benzene ring substituents is 1. The number of carboxylic acid groups (broad SMARTS) is 1. The number of thioether (sulfide) groups is 1. The van der Waals surface area contributed by atoms with E-state index in [1.54, 1.807) is 13.0 Å². The minimum atomic E-state index is -0.920. The summed E-state index contributed by atoms with van der Waals surface area (Å²) in [7, 11) is 0. The lowest BCUT2D eigenvalue weighted by Crippen LogP contribution is -2.17. The van der Waals surface area contributed by atoms with Crippen LogP contribution in [0.15, 0.2) is 24.3 Å². The van der Waals surface area contributed by atoms with Crippen molar-refractivity contribution >= 4 is 35.0 Å². The molecule has 108 valence electrons. The van der Waals surface area contributed by atoms with E-state index in [2.05, 4.69) is 5.32 Å². The Balaban J connectivity index is 2.51. The highest BCUT2D eigenvalue weighted by Crippen LogP contribution is 2.23. The fourth-order valence-electron chi connectivity index (χ4n) is 1.32. The second-order valence-electron chi connectivity index (χ2n) is 4.08. The molecule has 0 aromatic heterocycles. The largest absolute Gasteiger partial charge is 0.481 e. The highest BCUT2D eigenvalue weighted by Gasteiger charge is 2.15. The average molecular weight is 298 g/mol. The molecule has 0 aliphatic carbocycles. The van der Waals surface area contributed by atoms with Crippen LogP contribution in [0.4, 0.5) is 11.4 Å². The molecule has 1 rings (SSSR count). The summed E-state index contributed by atoms with van der Waals surface area (Å²) in [5.74, 6) is -1.51. The monoisotopic (exact) mass is 298 g/mol. The highest BCUT2D eigenvalue weighted by molar-refractivity contribution is 8.00. The van der Waals surface area contributed by atoms with Crippen LogP contribution in [0, 0.1) is 16.0 Å². The van der Waals surface area contributed by atoms with Gasteiger partial charge < -0.3 is 10.4 Å². The smallest absolute Gasteiger partial charge is 0.307 e. The number of para-hydroxylation sites is 2. The number of amides is 1. The predicted octanol–water partition coefficient (Wildman–Crippen LogP) is 1.99. The van der Waals surface area contributed by atoms with Crippen molar-refractivity contribution in [3.05, 3.63) is 34.4 Å². The number of carboxylic acids is 1. The first kappa shape index (κ1) is 16.0. The molecule has 0 fully saturated rings. The zero-order chi connectivity index (χ0) is 15.1. The molecule has 1 aromatic rings. The van der Waals surface area contributed by atoms with Gasteiger partial charge in [-0.1, -0.05) is 19.1 Å². The van der Waals surface area contributed by atoms with E-state index in [-0.39, 0.29) is 17.1 Å². The molecule has 0 spiro atoms. The Morgan fingerprint density at radius 2 is 2.10 bits per heavy atom. The first-order valence-electron chi connectivity index (χ1n) is 5.75. The lowest BCUT2D eigenvalue weighted by atomic mass is 10.2. The summed E-state index contributed by atoms with van der Waals surface area (Å²) < 4.78 is 0. The van der Waals surface area contributed by atoms with Crippen molar-refractivity contribution in [1.29, 1.82) is 0 Å². The van der Waals surface area contributed by atoms with E-state index in [9.17, 15) is 19.7 Å². The molecule has 0 bridgehead atoms. The van der Waals surface area contributed by atoms with Crippen molar-refractivity contribution < 1.29 is 19.6 Å². The fourth-order valence-corrected chi connectivity index (χ4v) is 2.20. The van der Waals surface area contributed by atoms with E-state index < -0.39 is 22.7 Å². The molecule has 1 unspecified atom stereocenters. The van der Waals surface area contributed by atoms with Gasteiger partial charge in [0.25, 0.3) is 5.69 Å². The minimum Gasteiger partial charge on any atom is -0.481 e. The van der Waals surface area contributed by atoms with Gasteiger partial charge in [0.15, 0.2) is 0 Å². The van der Waals surface area contributed by atoms with Gasteiger partial charge in [0, 0.05) is 11.8 Å². The maximum atomic E-state index is 11.6. The van der Waals surface area contributed by atoms with Gasteiger partial charge in [0.2, 0.25) is 5.91 Å². The zero-order valence-corrected chi connectivity index (χ0v) is 11.6. The summed E-state index contributed by atoms with van der Waals surface area (Å²) in [5, 5.41) is 21.9. The van der Waals surface area contributed by atoms with Crippen LogP contribution in [0.3, 0.4) is 0 Å². The maximum Gasteiger partial charge on any atom is 0.307 e. The highest BCUT2D eigenvalue weighted by atomic mass is 32.2. The summed E-state index contributed by atoms with van der Waals surface area (Å²) in [5.41, 5.74) is -0.0425. The van der Waals surface area contributed by atoms with E-state index in [0.717, 1.165) is 0 Å². The number of nitrogens with zero attached hydrogens (tertiary/aromatic N) is 1. The van der Waals surface area contributed by atoms with Crippen LogP contribution >= 0.6 is 11.8 Å². The van der Waals surface area contributed by atoms with Gasteiger partial charge >= 0.3 is 5.97 Å². The van der Waals surface area contributed by atoms with Crippen molar-refractivity contribution in [2.45, 2.75) is 6.92 Å². The van der Waals surface area contributed by atoms with Crippen molar-refractivity contribution in [2.75, 3.05) is 16.8 Å². The molecule has 7 nitrogen and oxygen atoms in total. The van der Waals surface area contributed by atoms with Crippen molar-refractivity contribution in [3.8, 4) is 0 Å². The number of hydrogen-bond acceptors (Lipinski definition) is 5. The Hall–Kier alpha value is -2.09. The summed E-state index contributed by atoms with van der Waals surface area (Å²) in [4.78, 5) is 32.4. The number of aliphatic carboxylic acids is 1. The molecule has 2 N–H and O–H groups in total. The number of rotatable bonds is 7. The third-order valence-electron chi connectivity index (χ3n) is 2.40. The Bertz CT molecular complexity index is 520. The molecule has 20 heavy (non-hydrogen) atoms. The van der Waals surface area contributed by atoms with Crippen LogP contribution in [-0.4, -0.2) is 33.4 Å². The van der Waals surface area contributed by atoms with Gasteiger partial charge in [-0.25, -0.2) is 0 Å². The number of benzene rings is 1. The van der Waals surface area contributed by atoms with Crippen LogP contribution < -0.4 is 5.32 Å². The third-order valence-corrected chi connectivity index (χ3v) is 3.60. The van der Waals surface area contributed by atoms with Crippen molar-refractivity contribution in [3.63, 3.8) is 0 Å². The summed E-state index contributed by atoms with van der Waals surface area (Å²) in [6.45, 7) is 1.55. The lowest BCUT2D eigenvalue weighted by Gasteiger charge is -2.07. The molecular weight excluding hydrogens is 284 g/mol. The van der Waals surface area contributed by atoms with Crippen LogP contribution in [0.1, 0.15) is 6.92 Å². The molecule has 0 aliphatic heterocycles. The molecule has 1 aromatic carbocycles. The molecule has 0 aliphatic rings. The SMILES string of the molecule is CC(CSCC(=O)Nc1ccccc1[N+](=O)[O-])C(=O)O. The predicted molar refractivity (Wildman–Crippen MR) is 75.9 cm³/mol. The molecule has 8 heteroatoms. The van der Waals surface area contributed by atoms with E-state index in [0.29, 0.717) is 5.75 Å². The number of nitro groups is 1. The fraction of sp³-hybridized carbons (Fsp3) is 0.333. The number of carbonyl (C=O) groups excluding carboxylic acids is 1. The Labute approximate surface area is 119 Å². The van der Waals surface area contributed by atoms with Crippen LogP contribution in [0.5, 0.6) is 0 Å². The normalized spacial score (nSPS) is 11.7. The summed E-state index contributed by atoms with van der Waals surface area (Å²) >= 11 is 1.17. The van der Waals surface area contributed by atoms with E-state index >= 15 is 0 Å². The number of hydrogen-bond donors (Lipinski definition) is 2. The zero-order valence-electron chi connectivity index (χ0n) is 10.7. The number of nitrogens with one attached hydrogen (secondary N) is 1. The Morgan fingerprint density at radius 3 is 2.70 bits per heavy atom.